The molecular formula is C27H26ClF5N2O4. The van der Waals surface area contributed by atoms with E-state index < -0.39 is 41.1 Å². The van der Waals surface area contributed by atoms with Crippen LogP contribution in [0.3, 0.4) is 0 Å². The number of carbonyl (C=O) groups is 1. The molecule has 2 atom stereocenters. The van der Waals surface area contributed by atoms with E-state index in [9.17, 15) is 23.1 Å². The lowest BCUT2D eigenvalue weighted by Crippen LogP contribution is -2.59. The zero-order chi connectivity index (χ0) is 28.2. The minimum atomic E-state index is -4.67. The van der Waals surface area contributed by atoms with E-state index in [4.69, 9.17) is 20.8 Å². The largest absolute Gasteiger partial charge is 0.489 e. The van der Waals surface area contributed by atoms with Crippen LogP contribution in [-0.2, 0) is 22.6 Å². The van der Waals surface area contributed by atoms with Crippen LogP contribution in [0.15, 0.2) is 46.9 Å². The van der Waals surface area contributed by atoms with Crippen LogP contribution in [-0.4, -0.2) is 41.1 Å². The Morgan fingerprint density at radius 2 is 1.74 bits per heavy atom. The second kappa shape index (κ2) is 9.94. The number of rotatable bonds is 8. The Hall–Kier alpha value is -2.89. The highest BCUT2D eigenvalue weighted by atomic mass is 35.5. The molecule has 1 saturated heterocycles. The fraction of sp³-hybridized carbons (Fsp3) is 0.444. The maximum atomic E-state index is 15.2. The van der Waals surface area contributed by atoms with Crippen LogP contribution in [0, 0.1) is 0 Å². The fourth-order valence-corrected chi connectivity index (χ4v) is 5.05. The topological polar surface area (TPSA) is 74.9 Å². The van der Waals surface area contributed by atoms with E-state index >= 15 is 8.78 Å². The molecule has 5 rings (SSSR count). The lowest BCUT2D eigenvalue weighted by atomic mass is 9.93. The van der Waals surface area contributed by atoms with E-state index in [0.29, 0.717) is 37.0 Å². The molecule has 12 heteroatoms. The predicted molar refractivity (Wildman–Crippen MR) is 133 cm³/mol. The van der Waals surface area contributed by atoms with E-state index in [1.807, 2.05) is 0 Å². The van der Waals surface area contributed by atoms with Crippen molar-refractivity contribution in [2.24, 2.45) is 0 Å². The minimum absolute atomic E-state index is 0.0876. The zero-order valence-electron chi connectivity index (χ0n) is 20.8. The highest BCUT2D eigenvalue weighted by molar-refractivity contribution is 6.32. The number of aliphatic hydroxyl groups is 1. The Labute approximate surface area is 225 Å². The number of alkyl halides is 5. The normalized spacial score (nSPS) is 19.2. The number of benzene rings is 2. The summed E-state index contributed by atoms with van der Waals surface area (Å²) in [5.74, 6) is -6.69. The number of nitrogens with zero attached hydrogens (tertiary/aromatic N) is 1. The number of nitrogens with one attached hydrogen (secondary N) is 1. The maximum Gasteiger partial charge on any atom is 0.416 e. The standard InChI is InChI=1S/C27H26ClF5N2O4/c1-15(26(37,35-10-2-3-11-35)17-4-9-22(20(28)14-17)38-19-6-7-19)34-24(36)25(29,30)23-13-16-12-18(27(31,32)33)5-8-21(16)39-23/h4-5,8-9,12-15,19,37H,2-3,6-7,10-11H2,1H3,(H,34,36)/t15-,26+/m1/s1. The van der Waals surface area contributed by atoms with Crippen LogP contribution in [0.2, 0.25) is 5.02 Å². The molecule has 3 aromatic rings. The molecule has 1 amide bonds. The van der Waals surface area contributed by atoms with Crippen molar-refractivity contribution in [1.29, 1.82) is 0 Å². The summed E-state index contributed by atoms with van der Waals surface area (Å²) >= 11 is 6.41. The Morgan fingerprint density at radius 3 is 2.36 bits per heavy atom. The first-order valence-corrected chi connectivity index (χ1v) is 12.9. The molecule has 1 aliphatic carbocycles. The lowest BCUT2D eigenvalue weighted by molar-refractivity contribution is -0.161. The molecule has 0 spiro atoms. The number of furan rings is 1. The number of carbonyl (C=O) groups excluding carboxylic acids is 1. The molecule has 2 fully saturated rings. The summed E-state index contributed by atoms with van der Waals surface area (Å²) in [6, 6.07) is 6.44. The van der Waals surface area contributed by atoms with Gasteiger partial charge in [-0.25, -0.2) is 0 Å². The molecule has 1 aromatic heterocycles. The van der Waals surface area contributed by atoms with Gasteiger partial charge in [-0.15, -0.1) is 0 Å². The van der Waals surface area contributed by atoms with Gasteiger partial charge in [0.2, 0.25) is 0 Å². The van der Waals surface area contributed by atoms with Crippen LogP contribution < -0.4 is 10.1 Å². The molecule has 0 bridgehead atoms. The van der Waals surface area contributed by atoms with Crippen molar-refractivity contribution in [3.05, 3.63) is 64.4 Å². The Bertz CT molecular complexity index is 1380. The van der Waals surface area contributed by atoms with Gasteiger partial charge in [0, 0.05) is 24.0 Å². The Morgan fingerprint density at radius 1 is 1.08 bits per heavy atom. The molecule has 6 nitrogen and oxygen atoms in total. The molecule has 2 heterocycles. The molecule has 1 aliphatic heterocycles. The van der Waals surface area contributed by atoms with Crippen LogP contribution in [0.25, 0.3) is 11.0 Å². The number of halogens is 6. The highest BCUT2D eigenvalue weighted by Gasteiger charge is 2.49. The third-order valence-electron chi connectivity index (χ3n) is 7.15. The molecule has 2 aliphatic rings. The van der Waals surface area contributed by atoms with Crippen molar-refractivity contribution in [2.45, 2.75) is 62.6 Å². The predicted octanol–water partition coefficient (Wildman–Crippen LogP) is 6.18. The lowest BCUT2D eigenvalue weighted by Gasteiger charge is -2.42. The van der Waals surface area contributed by atoms with Crippen molar-refractivity contribution in [3.63, 3.8) is 0 Å². The number of fused-ring (bicyclic) bond motifs is 1. The highest BCUT2D eigenvalue weighted by Crippen LogP contribution is 2.40. The summed E-state index contributed by atoms with van der Waals surface area (Å²) in [5.41, 5.74) is -2.86. The van der Waals surface area contributed by atoms with Crippen LogP contribution in [0.4, 0.5) is 22.0 Å². The van der Waals surface area contributed by atoms with Gasteiger partial charge in [0.1, 0.15) is 11.3 Å². The van der Waals surface area contributed by atoms with Crippen molar-refractivity contribution in [1.82, 2.24) is 10.2 Å². The quantitative estimate of drug-likeness (QED) is 0.315. The SMILES string of the molecule is C[C@@H](NC(=O)C(F)(F)c1cc2cc(C(F)(F)F)ccc2o1)[C@](O)(c1ccc(OC2CC2)c(Cl)c1)N1CCCC1. The van der Waals surface area contributed by atoms with Crippen molar-refractivity contribution >= 4 is 28.5 Å². The molecule has 210 valence electrons. The van der Waals surface area contributed by atoms with Crippen LogP contribution in [0.5, 0.6) is 5.75 Å². The molecule has 0 radical (unpaired) electrons. The van der Waals surface area contributed by atoms with Gasteiger partial charge in [0.05, 0.1) is 22.7 Å². The second-order valence-corrected chi connectivity index (χ2v) is 10.4. The monoisotopic (exact) mass is 572 g/mol. The van der Waals surface area contributed by atoms with Gasteiger partial charge in [-0.2, -0.15) is 22.0 Å². The smallest absolute Gasteiger partial charge is 0.416 e. The van der Waals surface area contributed by atoms with E-state index in [0.717, 1.165) is 31.7 Å². The third kappa shape index (κ3) is 5.31. The number of hydrogen-bond acceptors (Lipinski definition) is 5. The van der Waals surface area contributed by atoms with E-state index in [1.54, 1.807) is 17.0 Å². The number of likely N-dealkylation sites (tertiary alicyclic amines) is 1. The van der Waals surface area contributed by atoms with Gasteiger partial charge in [0.25, 0.3) is 5.91 Å². The molecule has 0 unspecified atom stereocenters. The molecule has 2 N–H and O–H groups in total. The Kier molecular flexibility index (Phi) is 7.05. The average Bonchev–Trinajstić information content (AvgIpc) is 3.33. The Balaban J connectivity index is 1.41. The fourth-order valence-electron chi connectivity index (χ4n) is 4.83. The second-order valence-electron chi connectivity index (χ2n) is 10.0. The first kappa shape index (κ1) is 27.7. The third-order valence-corrected chi connectivity index (χ3v) is 7.45. The summed E-state index contributed by atoms with van der Waals surface area (Å²) in [4.78, 5) is 14.5. The summed E-state index contributed by atoms with van der Waals surface area (Å²) < 4.78 is 80.4. The number of hydrogen-bond donors (Lipinski definition) is 2. The first-order valence-electron chi connectivity index (χ1n) is 12.5. The summed E-state index contributed by atoms with van der Waals surface area (Å²) in [5, 5.41) is 14.1. The molecule has 1 saturated carbocycles. The van der Waals surface area contributed by atoms with E-state index in [2.05, 4.69) is 5.32 Å². The van der Waals surface area contributed by atoms with Crippen molar-refractivity contribution < 1.29 is 41.0 Å². The van der Waals surface area contributed by atoms with E-state index in [1.165, 1.54) is 13.0 Å². The summed E-state index contributed by atoms with van der Waals surface area (Å²) in [6.07, 6.45) is -1.23. The van der Waals surface area contributed by atoms with Gasteiger partial charge in [0.15, 0.2) is 11.5 Å². The van der Waals surface area contributed by atoms with Crippen molar-refractivity contribution in [3.8, 4) is 5.75 Å². The zero-order valence-corrected chi connectivity index (χ0v) is 21.6. The summed E-state index contributed by atoms with van der Waals surface area (Å²) in [7, 11) is 0. The van der Waals surface area contributed by atoms with Gasteiger partial charge in [-0.1, -0.05) is 17.7 Å². The first-order chi connectivity index (χ1) is 18.3. The molecule has 39 heavy (non-hydrogen) atoms. The summed E-state index contributed by atoms with van der Waals surface area (Å²) in [6.45, 7) is 2.30. The minimum Gasteiger partial charge on any atom is -0.489 e. The number of amides is 1. The van der Waals surface area contributed by atoms with Crippen LogP contribution >= 0.6 is 11.6 Å². The average molecular weight is 573 g/mol. The van der Waals surface area contributed by atoms with Gasteiger partial charge in [-0.05, 0) is 69.0 Å². The van der Waals surface area contributed by atoms with Gasteiger partial charge >= 0.3 is 12.1 Å². The maximum absolute atomic E-state index is 15.2. The van der Waals surface area contributed by atoms with Crippen LogP contribution in [0.1, 0.15) is 49.5 Å². The number of ether oxygens (including phenoxy) is 1. The van der Waals surface area contributed by atoms with Gasteiger partial charge in [-0.3, -0.25) is 9.69 Å². The van der Waals surface area contributed by atoms with Crippen molar-refractivity contribution in [2.75, 3.05) is 13.1 Å². The van der Waals surface area contributed by atoms with E-state index in [-0.39, 0.29) is 27.7 Å². The molecule has 2 aromatic carbocycles. The molecular weight excluding hydrogens is 547 g/mol. The van der Waals surface area contributed by atoms with Gasteiger partial charge < -0.3 is 19.6 Å².